The third kappa shape index (κ3) is 5.87. The summed E-state index contributed by atoms with van der Waals surface area (Å²) < 4.78 is 0. The highest BCUT2D eigenvalue weighted by atomic mass is 16.3. The number of nitrogens with one attached hydrogen (secondary N) is 1. The van der Waals surface area contributed by atoms with Gasteiger partial charge in [0.25, 0.3) is 0 Å². The molecule has 0 saturated heterocycles. The van der Waals surface area contributed by atoms with E-state index in [-0.39, 0.29) is 35.6 Å². The molecule has 0 radical (unpaired) electrons. The van der Waals surface area contributed by atoms with E-state index in [1.165, 1.54) is 4.90 Å². The van der Waals surface area contributed by atoms with E-state index in [1.54, 1.807) is 44.2 Å². The van der Waals surface area contributed by atoms with Gasteiger partial charge in [-0.1, -0.05) is 33.8 Å². The van der Waals surface area contributed by atoms with Crippen LogP contribution in [0.2, 0.25) is 0 Å². The summed E-state index contributed by atoms with van der Waals surface area (Å²) in [6.07, 6.45) is 0.929. The predicted octanol–water partition coefficient (Wildman–Crippen LogP) is 4.18. The minimum Gasteiger partial charge on any atom is -0.507 e. The molecule has 7 nitrogen and oxygen atoms in total. The van der Waals surface area contributed by atoms with Crippen LogP contribution in [0.1, 0.15) is 67.6 Å². The molecule has 0 atom stereocenters. The second-order valence-electron chi connectivity index (χ2n) is 9.08. The summed E-state index contributed by atoms with van der Waals surface area (Å²) in [6.45, 7) is 11.2. The molecule has 0 saturated carbocycles. The van der Waals surface area contributed by atoms with E-state index in [0.29, 0.717) is 28.9 Å². The smallest absolute Gasteiger partial charge is 0.248 e. The zero-order chi connectivity index (χ0) is 24.2. The van der Waals surface area contributed by atoms with Crippen molar-refractivity contribution in [1.29, 1.82) is 0 Å². The number of benzene rings is 2. The molecule has 7 heteroatoms. The third-order valence-electron chi connectivity index (χ3n) is 5.24. The molecule has 2 aromatic rings. The number of primary amides is 1. The van der Waals surface area contributed by atoms with Crippen LogP contribution in [0.3, 0.4) is 0 Å². The number of hydrogen-bond acceptors (Lipinski definition) is 4. The van der Waals surface area contributed by atoms with Crippen LogP contribution in [-0.4, -0.2) is 29.4 Å². The lowest BCUT2D eigenvalue weighted by Gasteiger charge is -2.26. The third-order valence-corrected chi connectivity index (χ3v) is 5.24. The van der Waals surface area contributed by atoms with Gasteiger partial charge in [-0.2, -0.15) is 0 Å². The molecular formula is C25H33N3O4. The second-order valence-corrected chi connectivity index (χ2v) is 9.08. The fourth-order valence-corrected chi connectivity index (χ4v) is 3.55. The normalized spacial score (nSPS) is 11.2. The minimum absolute atomic E-state index is 0.166. The van der Waals surface area contributed by atoms with Crippen molar-refractivity contribution in [2.45, 2.75) is 59.8 Å². The van der Waals surface area contributed by atoms with Gasteiger partial charge in [0, 0.05) is 23.4 Å². The van der Waals surface area contributed by atoms with E-state index in [1.807, 2.05) is 27.7 Å². The molecule has 0 aliphatic rings. The van der Waals surface area contributed by atoms with Crippen LogP contribution >= 0.6 is 0 Å². The Bertz CT molecular complexity index is 1010. The Morgan fingerprint density at radius 3 is 2.16 bits per heavy atom. The van der Waals surface area contributed by atoms with Crippen molar-refractivity contribution in [2.24, 2.45) is 5.73 Å². The molecular weight excluding hydrogens is 406 g/mol. The maximum Gasteiger partial charge on any atom is 0.248 e. The molecule has 4 N–H and O–H groups in total. The number of phenolic OH excluding ortho intramolecular Hbond substituents is 1. The molecule has 32 heavy (non-hydrogen) atoms. The highest BCUT2D eigenvalue weighted by molar-refractivity contribution is 6.03. The summed E-state index contributed by atoms with van der Waals surface area (Å²) in [7, 11) is 0. The van der Waals surface area contributed by atoms with E-state index in [4.69, 9.17) is 5.73 Å². The molecule has 2 aromatic carbocycles. The van der Waals surface area contributed by atoms with Crippen molar-refractivity contribution in [2.75, 3.05) is 16.8 Å². The molecule has 0 aliphatic carbocycles. The van der Waals surface area contributed by atoms with Crippen LogP contribution in [0.4, 0.5) is 11.4 Å². The number of aromatic hydroxyl groups is 1. The Balaban J connectivity index is 2.40. The maximum absolute atomic E-state index is 13.0. The second kappa shape index (κ2) is 9.85. The summed E-state index contributed by atoms with van der Waals surface area (Å²) in [4.78, 5) is 38.9. The lowest BCUT2D eigenvalue weighted by molar-refractivity contribution is -0.121. The largest absolute Gasteiger partial charge is 0.507 e. The minimum atomic E-state index is -0.587. The summed E-state index contributed by atoms with van der Waals surface area (Å²) in [5.41, 5.74) is 8.55. The van der Waals surface area contributed by atoms with Crippen molar-refractivity contribution in [3.05, 3.63) is 52.6 Å². The van der Waals surface area contributed by atoms with Crippen LogP contribution < -0.4 is 16.0 Å². The molecule has 0 unspecified atom stereocenters. The van der Waals surface area contributed by atoms with Crippen molar-refractivity contribution < 1.29 is 19.5 Å². The number of nitrogens with two attached hydrogens (primary N) is 1. The van der Waals surface area contributed by atoms with Gasteiger partial charge < -0.3 is 21.1 Å². The lowest BCUT2D eigenvalue weighted by Crippen LogP contribution is -2.38. The molecule has 3 amide bonds. The van der Waals surface area contributed by atoms with E-state index >= 15 is 0 Å². The van der Waals surface area contributed by atoms with Crippen molar-refractivity contribution in [1.82, 2.24) is 0 Å². The number of amides is 3. The first kappa shape index (κ1) is 24.9. The van der Waals surface area contributed by atoms with Crippen LogP contribution in [0.15, 0.2) is 30.3 Å². The Morgan fingerprint density at radius 2 is 1.66 bits per heavy atom. The first-order chi connectivity index (χ1) is 14.8. The van der Waals surface area contributed by atoms with Crippen LogP contribution in [0, 0.1) is 13.8 Å². The molecule has 0 spiro atoms. The topological polar surface area (TPSA) is 113 Å². The van der Waals surface area contributed by atoms with Crippen LogP contribution in [-0.2, 0) is 15.0 Å². The average Bonchev–Trinajstić information content (AvgIpc) is 2.69. The summed E-state index contributed by atoms with van der Waals surface area (Å²) in [5, 5.41) is 12.9. The molecule has 0 aromatic heterocycles. The molecule has 0 fully saturated rings. The Kier molecular flexibility index (Phi) is 7.67. The first-order valence-electron chi connectivity index (χ1n) is 10.7. The standard InChI is InChI=1S/C25H33N3O4/c1-7-8-22(30)28(18-11-15(2)23(31)16(3)12-18)14-21(29)27-20-13-17(24(26)32)9-10-19(20)25(4,5)6/h9-13,31H,7-8,14H2,1-6H3,(H2,26,32)(H,27,29). The van der Waals surface area contributed by atoms with Gasteiger partial charge in [0.1, 0.15) is 12.3 Å². The number of nitrogens with zero attached hydrogens (tertiary/aromatic N) is 1. The number of carbonyl (C=O) groups is 3. The quantitative estimate of drug-likeness (QED) is 0.601. The zero-order valence-corrected chi connectivity index (χ0v) is 19.7. The van der Waals surface area contributed by atoms with Crippen molar-refractivity contribution >= 4 is 29.1 Å². The van der Waals surface area contributed by atoms with Gasteiger partial charge in [0.2, 0.25) is 17.7 Å². The highest BCUT2D eigenvalue weighted by Gasteiger charge is 2.23. The maximum atomic E-state index is 13.0. The monoisotopic (exact) mass is 439 g/mol. The number of aryl methyl sites for hydroxylation is 2. The SMILES string of the molecule is CCCC(=O)N(CC(=O)Nc1cc(C(N)=O)ccc1C(C)(C)C)c1cc(C)c(O)c(C)c1. The van der Waals surface area contributed by atoms with Gasteiger partial charge in [-0.15, -0.1) is 0 Å². The van der Waals surface area contributed by atoms with E-state index < -0.39 is 11.8 Å². The summed E-state index contributed by atoms with van der Waals surface area (Å²) in [5.74, 6) is -1.01. The number of carbonyl (C=O) groups excluding carboxylic acids is 3. The summed E-state index contributed by atoms with van der Waals surface area (Å²) in [6, 6.07) is 8.36. The van der Waals surface area contributed by atoms with Crippen LogP contribution in [0.25, 0.3) is 0 Å². The number of hydrogen-bond donors (Lipinski definition) is 3. The Labute approximate surface area is 189 Å². The Hall–Kier alpha value is -3.35. The van der Waals surface area contributed by atoms with E-state index in [2.05, 4.69) is 5.32 Å². The van der Waals surface area contributed by atoms with Gasteiger partial charge >= 0.3 is 0 Å². The average molecular weight is 440 g/mol. The first-order valence-corrected chi connectivity index (χ1v) is 10.7. The van der Waals surface area contributed by atoms with Gasteiger partial charge in [0.05, 0.1) is 0 Å². The van der Waals surface area contributed by atoms with Gasteiger partial charge in [-0.05, 0) is 66.6 Å². The van der Waals surface area contributed by atoms with Gasteiger partial charge in [-0.25, -0.2) is 0 Å². The predicted molar refractivity (Wildman–Crippen MR) is 127 cm³/mol. The van der Waals surface area contributed by atoms with Gasteiger partial charge in [0.15, 0.2) is 0 Å². The number of phenols is 1. The molecule has 2 rings (SSSR count). The van der Waals surface area contributed by atoms with Crippen molar-refractivity contribution in [3.8, 4) is 5.75 Å². The Morgan fingerprint density at radius 1 is 1.06 bits per heavy atom. The number of anilines is 2. The molecule has 0 heterocycles. The molecule has 172 valence electrons. The number of rotatable bonds is 7. The zero-order valence-electron chi connectivity index (χ0n) is 19.7. The lowest BCUT2D eigenvalue weighted by atomic mass is 9.85. The highest BCUT2D eigenvalue weighted by Crippen LogP contribution is 2.31. The van der Waals surface area contributed by atoms with E-state index in [9.17, 15) is 19.5 Å². The fourth-order valence-electron chi connectivity index (χ4n) is 3.55. The summed E-state index contributed by atoms with van der Waals surface area (Å²) >= 11 is 0. The van der Waals surface area contributed by atoms with Gasteiger partial charge in [-0.3, -0.25) is 14.4 Å². The fraction of sp³-hybridized carbons (Fsp3) is 0.400. The van der Waals surface area contributed by atoms with Crippen LogP contribution in [0.5, 0.6) is 5.75 Å². The van der Waals surface area contributed by atoms with Crippen molar-refractivity contribution in [3.63, 3.8) is 0 Å². The van der Waals surface area contributed by atoms with E-state index in [0.717, 1.165) is 5.56 Å². The molecule has 0 bridgehead atoms. The molecule has 0 aliphatic heterocycles.